The number of carboxylic acids is 1. The number of carbonyl (C=O) groups is 2. The monoisotopic (exact) mass is 764 g/mol. The van der Waals surface area contributed by atoms with Crippen molar-refractivity contribution < 1.29 is 41.0 Å². The van der Waals surface area contributed by atoms with Crippen LogP contribution in [0.25, 0.3) is 5.65 Å². The number of piperidine rings is 2. The number of carbonyl (C=O) groups excluding carboxylic acids is 1. The number of rotatable bonds is 7. The number of nitrogens with one attached hydrogen (secondary N) is 3. The van der Waals surface area contributed by atoms with Crippen LogP contribution in [0.15, 0.2) is 30.5 Å². The van der Waals surface area contributed by atoms with Gasteiger partial charge in [0.2, 0.25) is 0 Å². The molecular weight excluding hydrogens is 718 g/mol. The van der Waals surface area contributed by atoms with Crippen molar-refractivity contribution in [1.82, 2.24) is 30.1 Å². The highest BCUT2D eigenvalue weighted by Crippen LogP contribution is 2.46. The minimum Gasteiger partial charge on any atom is -0.475 e. The molecule has 2 aliphatic carbocycles. The number of nitrogens with zero attached hydrogens (tertiary/aromatic N) is 5. The molecule has 3 aliphatic heterocycles. The van der Waals surface area contributed by atoms with E-state index in [0.29, 0.717) is 48.4 Å². The van der Waals surface area contributed by atoms with Crippen LogP contribution in [0.2, 0.25) is 0 Å². The van der Waals surface area contributed by atoms with E-state index < -0.39 is 42.1 Å². The third kappa shape index (κ3) is 7.84. The fourth-order valence-electron chi connectivity index (χ4n) is 8.80. The second-order valence-corrected chi connectivity index (χ2v) is 15.4. The molecule has 11 nitrogen and oxygen atoms in total. The lowest BCUT2D eigenvalue weighted by molar-refractivity contribution is -0.192. The van der Waals surface area contributed by atoms with E-state index in [1.807, 2.05) is 24.3 Å². The molecule has 4 fully saturated rings. The lowest BCUT2D eigenvalue weighted by Gasteiger charge is -2.48. The summed E-state index contributed by atoms with van der Waals surface area (Å²) >= 11 is 0. The normalized spacial score (nSPS) is 25.2. The second-order valence-electron chi connectivity index (χ2n) is 15.4. The summed E-state index contributed by atoms with van der Waals surface area (Å²) in [5.74, 6) is -5.98. The largest absolute Gasteiger partial charge is 0.490 e. The number of fused-ring (bicyclic) bond motifs is 2. The highest BCUT2D eigenvalue weighted by molar-refractivity contribution is 5.94. The van der Waals surface area contributed by atoms with E-state index >= 15 is 8.78 Å². The molecule has 2 saturated heterocycles. The van der Waals surface area contributed by atoms with Crippen LogP contribution in [-0.2, 0) is 17.6 Å². The molecule has 294 valence electrons. The Morgan fingerprint density at radius 3 is 2.41 bits per heavy atom. The molecule has 4 N–H and O–H groups in total. The molecule has 5 heterocycles. The molecular formula is C37H46F6N8O3. The summed E-state index contributed by atoms with van der Waals surface area (Å²) in [5, 5.41) is 21.3. The summed E-state index contributed by atoms with van der Waals surface area (Å²) in [6.07, 6.45) is 4.14. The average molecular weight is 765 g/mol. The third-order valence-electron chi connectivity index (χ3n) is 12.1. The zero-order valence-electron chi connectivity index (χ0n) is 30.1. The SMILES string of the molecule is CNc1cc(N2CCc3c(CC4CCN(C5CCC6(CCNCC6)CC5)CC4(F)F)cccc32)nn2c(C(=O)N[C@@H]3C[C@@H]3F)cnc12.O=C(O)C(F)(F)F. The van der Waals surface area contributed by atoms with E-state index in [4.69, 9.17) is 15.0 Å². The molecule has 17 heteroatoms. The van der Waals surface area contributed by atoms with Crippen LogP contribution in [-0.4, -0.2) is 107 Å². The minimum atomic E-state index is -5.08. The first-order valence-electron chi connectivity index (χ1n) is 18.7. The maximum absolute atomic E-state index is 15.9. The quantitative estimate of drug-likeness (QED) is 0.223. The number of benzene rings is 1. The van der Waals surface area contributed by atoms with Gasteiger partial charge in [-0.1, -0.05) is 12.1 Å². The van der Waals surface area contributed by atoms with E-state index in [1.54, 1.807) is 7.05 Å². The molecule has 0 radical (unpaired) electrons. The highest BCUT2D eigenvalue weighted by atomic mass is 19.4. The Hall–Kier alpha value is -4.12. The molecule has 3 aromatic rings. The first-order chi connectivity index (χ1) is 25.7. The summed E-state index contributed by atoms with van der Waals surface area (Å²) in [6.45, 7) is 3.42. The Balaban J connectivity index is 0.000000588. The smallest absolute Gasteiger partial charge is 0.475 e. The van der Waals surface area contributed by atoms with Crippen LogP contribution < -0.4 is 20.9 Å². The van der Waals surface area contributed by atoms with Crippen molar-refractivity contribution in [2.75, 3.05) is 50.0 Å². The van der Waals surface area contributed by atoms with Crippen LogP contribution >= 0.6 is 0 Å². The molecule has 3 atom stereocenters. The van der Waals surface area contributed by atoms with Crippen LogP contribution in [0.1, 0.15) is 73.0 Å². The predicted molar refractivity (Wildman–Crippen MR) is 189 cm³/mol. The number of aromatic nitrogens is 3. The standard InChI is InChI=1S/C35H45F3N8O.C2HF3O2/c1-39-28-19-31(43-46-30(20-41-32(28)46)33(47)42-27-18-26(27)36)45-16-8-25-22(3-2-4-29(25)45)17-23-7-15-44(21-35(23,37)38)24-5-9-34(10-6-24)11-13-40-14-12-34;3-2(4,5)1(6)7/h2-4,19-20,23-24,26-27,39-40H,5-18,21H2,1H3,(H,42,47);(H,6,7)/t23?,26-,27+;/m0./s1. The van der Waals surface area contributed by atoms with Crippen LogP contribution in [0, 0.1) is 11.3 Å². The lowest BCUT2D eigenvalue weighted by atomic mass is 9.67. The first kappa shape index (κ1) is 38.2. The molecule has 5 aliphatic rings. The third-order valence-corrected chi connectivity index (χ3v) is 12.1. The average Bonchev–Trinajstić information content (AvgIpc) is 3.47. The number of hydrogen-bond acceptors (Lipinski definition) is 8. The fraction of sp³-hybridized carbons (Fsp3) is 0.622. The zero-order valence-corrected chi connectivity index (χ0v) is 30.1. The van der Waals surface area contributed by atoms with Crippen molar-refractivity contribution in [3.63, 3.8) is 0 Å². The van der Waals surface area contributed by atoms with Gasteiger partial charge in [-0.3, -0.25) is 9.69 Å². The van der Waals surface area contributed by atoms with Crippen molar-refractivity contribution in [2.24, 2.45) is 11.3 Å². The van der Waals surface area contributed by atoms with Gasteiger partial charge in [-0.05, 0) is 100 Å². The fourth-order valence-corrected chi connectivity index (χ4v) is 8.80. The molecule has 2 aromatic heterocycles. The predicted octanol–water partition coefficient (Wildman–Crippen LogP) is 5.75. The molecule has 54 heavy (non-hydrogen) atoms. The maximum atomic E-state index is 15.9. The Morgan fingerprint density at radius 1 is 1.07 bits per heavy atom. The number of carboxylic acid groups (broad SMARTS) is 1. The molecule has 1 amide bonds. The number of anilines is 3. The maximum Gasteiger partial charge on any atom is 0.490 e. The number of likely N-dealkylation sites (tertiary alicyclic amines) is 1. The van der Waals surface area contributed by atoms with Gasteiger partial charge in [0.05, 0.1) is 24.5 Å². The van der Waals surface area contributed by atoms with E-state index in [2.05, 4.69) is 30.7 Å². The lowest BCUT2D eigenvalue weighted by Crippen LogP contribution is -2.54. The van der Waals surface area contributed by atoms with Gasteiger partial charge in [0.1, 0.15) is 6.17 Å². The Morgan fingerprint density at radius 2 is 1.78 bits per heavy atom. The minimum absolute atomic E-state index is 0.137. The van der Waals surface area contributed by atoms with Gasteiger partial charge in [0.25, 0.3) is 11.8 Å². The van der Waals surface area contributed by atoms with Crippen molar-refractivity contribution in [3.05, 3.63) is 47.3 Å². The van der Waals surface area contributed by atoms with Gasteiger partial charge >= 0.3 is 12.1 Å². The number of aliphatic carboxylic acids is 1. The zero-order chi connectivity index (χ0) is 38.4. The summed E-state index contributed by atoms with van der Waals surface area (Å²) in [5.41, 5.74) is 4.89. The van der Waals surface area contributed by atoms with Gasteiger partial charge in [0, 0.05) is 43.7 Å². The van der Waals surface area contributed by atoms with Crippen molar-refractivity contribution >= 4 is 34.7 Å². The number of amides is 1. The highest BCUT2D eigenvalue weighted by Gasteiger charge is 2.48. The molecule has 1 unspecified atom stereocenters. The van der Waals surface area contributed by atoms with Gasteiger partial charge in [-0.25, -0.2) is 27.5 Å². The molecule has 2 saturated carbocycles. The molecule has 1 spiro atoms. The summed E-state index contributed by atoms with van der Waals surface area (Å²) in [6, 6.07) is 7.68. The van der Waals surface area contributed by atoms with Crippen molar-refractivity contribution in [1.29, 1.82) is 0 Å². The number of hydrogen-bond donors (Lipinski definition) is 4. The number of imidazole rings is 1. The Bertz CT molecular complexity index is 1850. The first-order valence-corrected chi connectivity index (χ1v) is 18.7. The van der Waals surface area contributed by atoms with E-state index in [-0.39, 0.29) is 18.3 Å². The van der Waals surface area contributed by atoms with Crippen LogP contribution in [0.5, 0.6) is 0 Å². The van der Waals surface area contributed by atoms with Gasteiger partial charge < -0.3 is 26.0 Å². The summed E-state index contributed by atoms with van der Waals surface area (Å²) in [7, 11) is 1.78. The van der Waals surface area contributed by atoms with Crippen molar-refractivity contribution in [3.8, 4) is 0 Å². The second kappa shape index (κ2) is 14.8. The van der Waals surface area contributed by atoms with E-state index in [9.17, 15) is 22.4 Å². The van der Waals surface area contributed by atoms with E-state index in [0.717, 1.165) is 55.7 Å². The van der Waals surface area contributed by atoms with Gasteiger partial charge in [-0.2, -0.15) is 13.2 Å². The Labute approximate surface area is 308 Å². The van der Waals surface area contributed by atoms with Crippen LogP contribution in [0.3, 0.4) is 0 Å². The molecule has 0 bridgehead atoms. The van der Waals surface area contributed by atoms with Gasteiger partial charge in [0.15, 0.2) is 17.2 Å². The van der Waals surface area contributed by atoms with Crippen LogP contribution in [0.4, 0.5) is 43.5 Å². The summed E-state index contributed by atoms with van der Waals surface area (Å²) < 4.78 is 78.5. The van der Waals surface area contributed by atoms with E-state index in [1.165, 1.54) is 36.4 Å². The summed E-state index contributed by atoms with van der Waals surface area (Å²) in [4.78, 5) is 30.4. The van der Waals surface area contributed by atoms with Crippen molar-refractivity contribution in [2.45, 2.75) is 94.6 Å². The van der Waals surface area contributed by atoms with Gasteiger partial charge in [-0.15, -0.1) is 5.10 Å². The Kier molecular flexibility index (Phi) is 10.5. The molecule has 1 aromatic carbocycles. The topological polar surface area (TPSA) is 127 Å². The number of alkyl halides is 6. The molecule has 8 rings (SSSR count). The number of halogens is 6.